The summed E-state index contributed by atoms with van der Waals surface area (Å²) in [4.78, 5) is 6.80. The Balaban J connectivity index is 1.35. The molecule has 1 aromatic heterocycles. The predicted molar refractivity (Wildman–Crippen MR) is 95.3 cm³/mol. The second-order valence-electron chi connectivity index (χ2n) is 7.00. The Morgan fingerprint density at radius 2 is 1.96 bits per heavy atom. The minimum absolute atomic E-state index is 0.746. The van der Waals surface area contributed by atoms with Gasteiger partial charge >= 0.3 is 0 Å². The normalized spacial score (nSPS) is 18.1. The molecule has 1 saturated heterocycles. The number of nitrogens with zero attached hydrogens (tertiary/aromatic N) is 3. The van der Waals surface area contributed by atoms with E-state index in [2.05, 4.69) is 57.9 Å². The quantitative estimate of drug-likeness (QED) is 0.774. The first-order valence-electron chi connectivity index (χ1n) is 9.03. The maximum Gasteiger partial charge on any atom is 0.0945 e. The SMILES string of the molecule is CC(Cn1ccnc1)C1CCN(CCCc2ccccc2)CC1. The highest BCUT2D eigenvalue weighted by molar-refractivity contribution is 5.14. The minimum Gasteiger partial charge on any atom is -0.337 e. The number of rotatable bonds is 7. The van der Waals surface area contributed by atoms with Crippen LogP contribution in [0.1, 0.15) is 31.7 Å². The molecule has 1 aromatic carbocycles. The zero-order valence-electron chi connectivity index (χ0n) is 14.3. The number of aryl methyl sites for hydroxylation is 1. The predicted octanol–water partition coefficient (Wildman–Crippen LogP) is 3.86. The summed E-state index contributed by atoms with van der Waals surface area (Å²) in [6, 6.07) is 10.9. The van der Waals surface area contributed by atoms with Crippen molar-refractivity contribution in [2.45, 2.75) is 39.2 Å². The van der Waals surface area contributed by atoms with Gasteiger partial charge in [0, 0.05) is 18.9 Å². The first-order chi connectivity index (χ1) is 11.3. The topological polar surface area (TPSA) is 21.1 Å². The highest BCUT2D eigenvalue weighted by Crippen LogP contribution is 2.26. The van der Waals surface area contributed by atoms with Crippen LogP contribution >= 0.6 is 0 Å². The van der Waals surface area contributed by atoms with Crippen LogP contribution in [0.5, 0.6) is 0 Å². The van der Waals surface area contributed by atoms with Crippen LogP contribution < -0.4 is 0 Å². The lowest BCUT2D eigenvalue weighted by molar-refractivity contribution is 0.144. The van der Waals surface area contributed by atoms with Gasteiger partial charge in [-0.2, -0.15) is 0 Å². The fourth-order valence-corrected chi connectivity index (χ4v) is 3.77. The number of piperidine rings is 1. The van der Waals surface area contributed by atoms with E-state index in [1.54, 1.807) is 0 Å². The lowest BCUT2D eigenvalue weighted by atomic mass is 9.85. The third-order valence-electron chi connectivity index (χ3n) is 5.28. The summed E-state index contributed by atoms with van der Waals surface area (Å²) in [5, 5.41) is 0. The third-order valence-corrected chi connectivity index (χ3v) is 5.28. The van der Waals surface area contributed by atoms with Crippen LogP contribution in [0.15, 0.2) is 49.1 Å². The van der Waals surface area contributed by atoms with E-state index in [0.29, 0.717) is 0 Å². The number of hydrogen-bond donors (Lipinski definition) is 0. The molecule has 0 bridgehead atoms. The van der Waals surface area contributed by atoms with E-state index in [-0.39, 0.29) is 0 Å². The molecule has 2 aromatic rings. The molecule has 2 heterocycles. The summed E-state index contributed by atoms with van der Waals surface area (Å²) in [7, 11) is 0. The molecule has 0 spiro atoms. The summed E-state index contributed by atoms with van der Waals surface area (Å²) in [5.74, 6) is 1.61. The van der Waals surface area contributed by atoms with Crippen molar-refractivity contribution >= 4 is 0 Å². The summed E-state index contributed by atoms with van der Waals surface area (Å²) in [6.07, 6.45) is 11.1. The molecule has 0 N–H and O–H groups in total. The largest absolute Gasteiger partial charge is 0.337 e. The summed E-state index contributed by atoms with van der Waals surface area (Å²) >= 11 is 0. The highest BCUT2D eigenvalue weighted by Gasteiger charge is 2.23. The molecule has 1 aliphatic rings. The molecule has 124 valence electrons. The van der Waals surface area contributed by atoms with E-state index in [0.717, 1.165) is 18.4 Å². The van der Waals surface area contributed by atoms with E-state index in [1.807, 2.05) is 12.5 Å². The zero-order valence-corrected chi connectivity index (χ0v) is 14.3. The van der Waals surface area contributed by atoms with Crippen molar-refractivity contribution in [2.24, 2.45) is 11.8 Å². The average molecular weight is 311 g/mol. The molecule has 3 heteroatoms. The third kappa shape index (κ3) is 4.93. The molecule has 0 amide bonds. The van der Waals surface area contributed by atoms with Crippen molar-refractivity contribution in [2.75, 3.05) is 19.6 Å². The van der Waals surface area contributed by atoms with Gasteiger partial charge in [0.25, 0.3) is 0 Å². The molecule has 1 unspecified atom stereocenters. The molecule has 1 aliphatic heterocycles. The second kappa shape index (κ2) is 8.30. The van der Waals surface area contributed by atoms with Crippen molar-refractivity contribution < 1.29 is 0 Å². The van der Waals surface area contributed by atoms with Crippen LogP contribution in [0.4, 0.5) is 0 Å². The molecular formula is C20H29N3. The van der Waals surface area contributed by atoms with Crippen LogP contribution in [0, 0.1) is 11.8 Å². The number of hydrogen-bond acceptors (Lipinski definition) is 2. The van der Waals surface area contributed by atoms with E-state index in [4.69, 9.17) is 0 Å². The summed E-state index contributed by atoms with van der Waals surface area (Å²) in [6.45, 7) is 7.30. The first kappa shape index (κ1) is 16.3. The number of imidazole rings is 1. The lowest BCUT2D eigenvalue weighted by Crippen LogP contribution is -2.37. The average Bonchev–Trinajstić information content (AvgIpc) is 3.09. The van der Waals surface area contributed by atoms with Crippen LogP contribution in [-0.4, -0.2) is 34.1 Å². The maximum absolute atomic E-state index is 4.15. The standard InChI is InChI=1S/C20H29N3/c1-18(16-23-15-11-21-17-23)20-9-13-22(14-10-20)12-5-8-19-6-3-2-4-7-19/h2-4,6-7,11,15,17-18,20H,5,8-10,12-14,16H2,1H3. The van der Waals surface area contributed by atoms with E-state index >= 15 is 0 Å². The van der Waals surface area contributed by atoms with Crippen LogP contribution in [0.2, 0.25) is 0 Å². The van der Waals surface area contributed by atoms with Gasteiger partial charge in [0.2, 0.25) is 0 Å². The Kier molecular flexibility index (Phi) is 5.87. The fourth-order valence-electron chi connectivity index (χ4n) is 3.77. The van der Waals surface area contributed by atoms with Gasteiger partial charge < -0.3 is 9.47 Å². The van der Waals surface area contributed by atoms with Gasteiger partial charge in [-0.15, -0.1) is 0 Å². The molecule has 0 saturated carbocycles. The molecule has 1 fully saturated rings. The van der Waals surface area contributed by atoms with Crippen molar-refractivity contribution in [3.63, 3.8) is 0 Å². The zero-order chi connectivity index (χ0) is 15.9. The van der Waals surface area contributed by atoms with Crippen molar-refractivity contribution in [3.05, 3.63) is 54.6 Å². The monoisotopic (exact) mass is 311 g/mol. The van der Waals surface area contributed by atoms with Gasteiger partial charge in [-0.05, 0) is 62.7 Å². The Morgan fingerprint density at radius 1 is 1.17 bits per heavy atom. The molecule has 3 nitrogen and oxygen atoms in total. The number of aromatic nitrogens is 2. The minimum atomic E-state index is 0.746. The summed E-state index contributed by atoms with van der Waals surface area (Å²) in [5.41, 5.74) is 1.47. The Morgan fingerprint density at radius 3 is 2.65 bits per heavy atom. The summed E-state index contributed by atoms with van der Waals surface area (Å²) < 4.78 is 2.22. The Bertz CT molecular complexity index is 542. The molecular weight excluding hydrogens is 282 g/mol. The molecule has 0 aliphatic carbocycles. The van der Waals surface area contributed by atoms with Crippen molar-refractivity contribution in [1.82, 2.24) is 14.5 Å². The molecule has 0 radical (unpaired) electrons. The Labute approximate surface area is 140 Å². The first-order valence-corrected chi connectivity index (χ1v) is 9.03. The van der Waals surface area contributed by atoms with Crippen LogP contribution in [0.25, 0.3) is 0 Å². The van der Waals surface area contributed by atoms with E-state index in [1.165, 1.54) is 50.9 Å². The van der Waals surface area contributed by atoms with E-state index in [9.17, 15) is 0 Å². The van der Waals surface area contributed by atoms with Crippen LogP contribution in [0.3, 0.4) is 0 Å². The van der Waals surface area contributed by atoms with E-state index < -0.39 is 0 Å². The fraction of sp³-hybridized carbons (Fsp3) is 0.550. The Hall–Kier alpha value is -1.61. The van der Waals surface area contributed by atoms with Crippen LogP contribution in [-0.2, 0) is 13.0 Å². The van der Waals surface area contributed by atoms with Crippen molar-refractivity contribution in [3.8, 4) is 0 Å². The highest BCUT2D eigenvalue weighted by atomic mass is 15.1. The number of likely N-dealkylation sites (tertiary alicyclic amines) is 1. The van der Waals surface area contributed by atoms with Crippen molar-refractivity contribution in [1.29, 1.82) is 0 Å². The molecule has 1 atom stereocenters. The van der Waals surface area contributed by atoms with Gasteiger partial charge in [0.05, 0.1) is 6.33 Å². The van der Waals surface area contributed by atoms with Gasteiger partial charge in [0.15, 0.2) is 0 Å². The van der Waals surface area contributed by atoms with Gasteiger partial charge in [-0.1, -0.05) is 37.3 Å². The molecule has 3 rings (SSSR count). The smallest absolute Gasteiger partial charge is 0.0945 e. The molecule has 23 heavy (non-hydrogen) atoms. The van der Waals surface area contributed by atoms with Gasteiger partial charge in [-0.3, -0.25) is 0 Å². The maximum atomic E-state index is 4.15. The van der Waals surface area contributed by atoms with Gasteiger partial charge in [0.1, 0.15) is 0 Å². The lowest BCUT2D eigenvalue weighted by Gasteiger charge is -2.35. The van der Waals surface area contributed by atoms with Gasteiger partial charge in [-0.25, -0.2) is 4.98 Å². The number of benzene rings is 1. The second-order valence-corrected chi connectivity index (χ2v) is 7.00.